The molecule has 1 fully saturated rings. The van der Waals surface area contributed by atoms with Gasteiger partial charge in [0, 0.05) is 30.8 Å². The fourth-order valence-corrected chi connectivity index (χ4v) is 4.21. The van der Waals surface area contributed by atoms with Gasteiger partial charge >= 0.3 is 12.2 Å². The molecule has 4 rings (SSSR count). The van der Waals surface area contributed by atoms with Gasteiger partial charge in [-0.3, -0.25) is 19.7 Å². The van der Waals surface area contributed by atoms with Crippen molar-refractivity contribution in [2.45, 2.75) is 38.1 Å². The van der Waals surface area contributed by atoms with Crippen molar-refractivity contribution in [2.75, 3.05) is 5.32 Å². The van der Waals surface area contributed by atoms with E-state index in [2.05, 4.69) is 16.0 Å². The third-order valence-electron chi connectivity index (χ3n) is 5.57. The lowest BCUT2D eigenvalue weighted by Crippen LogP contribution is -2.52. The Bertz CT molecular complexity index is 1200. The first kappa shape index (κ1) is 23.6. The number of anilines is 1. The lowest BCUT2D eigenvalue weighted by molar-refractivity contribution is -0.138. The number of amides is 5. The SMILES string of the molecule is O=C1CCC(N2Cc3cc(CNC(=O)Nc4ccc(C(F)(F)F)c(Cl)c4)ccc3C2=O)C(=O)N1. The molecule has 8 nitrogen and oxygen atoms in total. The maximum Gasteiger partial charge on any atom is 0.417 e. The molecule has 2 aromatic rings. The van der Waals surface area contributed by atoms with Crippen LogP contribution >= 0.6 is 11.6 Å². The van der Waals surface area contributed by atoms with Gasteiger partial charge < -0.3 is 15.5 Å². The molecule has 3 N–H and O–H groups in total. The molecule has 2 aliphatic rings. The Morgan fingerprint density at radius 3 is 2.59 bits per heavy atom. The number of nitrogens with one attached hydrogen (secondary N) is 3. The molecule has 0 radical (unpaired) electrons. The summed E-state index contributed by atoms with van der Waals surface area (Å²) in [5, 5.41) is 6.71. The second-order valence-corrected chi connectivity index (χ2v) is 8.30. The fraction of sp³-hybridized carbons (Fsp3) is 0.273. The Balaban J connectivity index is 1.36. The zero-order valence-corrected chi connectivity index (χ0v) is 18.2. The lowest BCUT2D eigenvalue weighted by atomic mass is 10.0. The first-order valence-electron chi connectivity index (χ1n) is 10.2. The molecule has 0 spiro atoms. The molecule has 178 valence electrons. The molecule has 0 bridgehead atoms. The Morgan fingerprint density at radius 1 is 1.15 bits per heavy atom. The van der Waals surface area contributed by atoms with Gasteiger partial charge in [0.1, 0.15) is 6.04 Å². The summed E-state index contributed by atoms with van der Waals surface area (Å²) in [5.41, 5.74) is 0.896. The zero-order valence-electron chi connectivity index (χ0n) is 17.5. The normalized spacial score (nSPS) is 17.9. The van der Waals surface area contributed by atoms with Crippen LogP contribution in [-0.2, 0) is 28.9 Å². The van der Waals surface area contributed by atoms with Crippen molar-refractivity contribution in [2.24, 2.45) is 0 Å². The molecule has 0 aliphatic carbocycles. The van der Waals surface area contributed by atoms with E-state index in [0.29, 0.717) is 16.7 Å². The maximum atomic E-state index is 12.8. The van der Waals surface area contributed by atoms with Crippen molar-refractivity contribution >= 4 is 41.0 Å². The zero-order chi connectivity index (χ0) is 24.6. The van der Waals surface area contributed by atoms with Crippen LogP contribution in [0, 0.1) is 0 Å². The Labute approximate surface area is 196 Å². The summed E-state index contributed by atoms with van der Waals surface area (Å²) in [6.07, 6.45) is -4.18. The number of alkyl halides is 3. The van der Waals surface area contributed by atoms with Crippen LogP contribution in [0.3, 0.4) is 0 Å². The minimum Gasteiger partial charge on any atom is -0.334 e. The van der Waals surface area contributed by atoms with Gasteiger partial charge in [-0.2, -0.15) is 13.2 Å². The van der Waals surface area contributed by atoms with Crippen molar-refractivity contribution in [1.82, 2.24) is 15.5 Å². The van der Waals surface area contributed by atoms with Crippen LogP contribution in [-0.4, -0.2) is 34.7 Å². The van der Waals surface area contributed by atoms with E-state index in [1.807, 2.05) is 0 Å². The highest BCUT2D eigenvalue weighted by Gasteiger charge is 2.39. The minimum atomic E-state index is -4.60. The van der Waals surface area contributed by atoms with Gasteiger partial charge in [-0.15, -0.1) is 0 Å². The Kier molecular flexibility index (Phi) is 6.22. The highest BCUT2D eigenvalue weighted by atomic mass is 35.5. The maximum absolute atomic E-state index is 12.8. The van der Waals surface area contributed by atoms with Gasteiger partial charge in [-0.25, -0.2) is 4.79 Å². The topological polar surface area (TPSA) is 108 Å². The van der Waals surface area contributed by atoms with Crippen LogP contribution in [0.2, 0.25) is 5.02 Å². The fourth-order valence-electron chi connectivity index (χ4n) is 3.92. The van der Waals surface area contributed by atoms with E-state index in [-0.39, 0.29) is 43.4 Å². The number of halogens is 4. The molecular formula is C22H18ClF3N4O4. The van der Waals surface area contributed by atoms with E-state index >= 15 is 0 Å². The van der Waals surface area contributed by atoms with Gasteiger partial charge in [-0.05, 0) is 41.8 Å². The van der Waals surface area contributed by atoms with Crippen LogP contribution in [0.4, 0.5) is 23.7 Å². The summed E-state index contributed by atoms with van der Waals surface area (Å²) in [6.45, 7) is 0.282. The van der Waals surface area contributed by atoms with Crippen LogP contribution in [0.5, 0.6) is 0 Å². The van der Waals surface area contributed by atoms with Crippen LogP contribution in [0.1, 0.15) is 39.9 Å². The number of carbonyl (C=O) groups excluding carboxylic acids is 4. The second-order valence-electron chi connectivity index (χ2n) is 7.89. The number of rotatable bonds is 4. The van der Waals surface area contributed by atoms with E-state index in [1.54, 1.807) is 18.2 Å². The molecule has 0 aromatic heterocycles. The van der Waals surface area contributed by atoms with E-state index in [9.17, 15) is 32.3 Å². The molecule has 34 heavy (non-hydrogen) atoms. The molecule has 1 unspecified atom stereocenters. The number of hydrogen-bond donors (Lipinski definition) is 3. The predicted molar refractivity (Wildman–Crippen MR) is 115 cm³/mol. The molecule has 2 heterocycles. The monoisotopic (exact) mass is 494 g/mol. The average molecular weight is 495 g/mol. The van der Waals surface area contributed by atoms with Crippen molar-refractivity contribution < 1.29 is 32.3 Å². The summed E-state index contributed by atoms with van der Waals surface area (Å²) in [5.74, 6) is -1.17. The number of urea groups is 1. The Morgan fingerprint density at radius 2 is 1.91 bits per heavy atom. The summed E-state index contributed by atoms with van der Waals surface area (Å²) in [6, 6.07) is 6.50. The highest BCUT2D eigenvalue weighted by molar-refractivity contribution is 6.31. The van der Waals surface area contributed by atoms with Gasteiger partial charge in [0.2, 0.25) is 11.8 Å². The molecule has 12 heteroatoms. The number of benzene rings is 2. The van der Waals surface area contributed by atoms with Crippen LogP contribution in [0.25, 0.3) is 0 Å². The van der Waals surface area contributed by atoms with E-state index in [4.69, 9.17) is 11.6 Å². The molecule has 5 amide bonds. The number of nitrogens with zero attached hydrogens (tertiary/aromatic N) is 1. The predicted octanol–water partition coefficient (Wildman–Crippen LogP) is 3.44. The number of imide groups is 1. The van der Waals surface area contributed by atoms with E-state index < -0.39 is 34.7 Å². The van der Waals surface area contributed by atoms with Crippen LogP contribution in [0.15, 0.2) is 36.4 Å². The molecule has 2 aliphatic heterocycles. The Hall–Kier alpha value is -3.60. The van der Waals surface area contributed by atoms with Crippen LogP contribution < -0.4 is 16.0 Å². The second kappa shape index (κ2) is 8.98. The third kappa shape index (κ3) is 4.84. The number of carbonyl (C=O) groups is 4. The highest BCUT2D eigenvalue weighted by Crippen LogP contribution is 2.35. The van der Waals surface area contributed by atoms with Gasteiger partial charge in [0.25, 0.3) is 5.91 Å². The summed E-state index contributed by atoms with van der Waals surface area (Å²) in [4.78, 5) is 49.8. The smallest absolute Gasteiger partial charge is 0.334 e. The average Bonchev–Trinajstić information content (AvgIpc) is 3.07. The molecular weight excluding hydrogens is 477 g/mol. The molecule has 2 aromatic carbocycles. The quantitative estimate of drug-likeness (QED) is 0.566. The van der Waals surface area contributed by atoms with E-state index in [0.717, 1.165) is 18.2 Å². The summed E-state index contributed by atoms with van der Waals surface area (Å²) in [7, 11) is 0. The number of piperidine rings is 1. The molecule has 0 saturated carbocycles. The van der Waals surface area contributed by atoms with E-state index in [1.165, 1.54) is 4.90 Å². The molecule has 1 atom stereocenters. The van der Waals surface area contributed by atoms with Crippen molar-refractivity contribution in [3.05, 3.63) is 63.7 Å². The number of hydrogen-bond acceptors (Lipinski definition) is 4. The minimum absolute atomic E-state index is 0.0834. The third-order valence-corrected chi connectivity index (χ3v) is 5.89. The molecule has 1 saturated heterocycles. The first-order chi connectivity index (χ1) is 16.0. The van der Waals surface area contributed by atoms with Gasteiger partial charge in [-0.1, -0.05) is 23.7 Å². The first-order valence-corrected chi connectivity index (χ1v) is 10.6. The largest absolute Gasteiger partial charge is 0.417 e. The van der Waals surface area contributed by atoms with Crippen molar-refractivity contribution in [3.8, 4) is 0 Å². The number of fused-ring (bicyclic) bond motifs is 1. The summed E-state index contributed by atoms with van der Waals surface area (Å²) >= 11 is 5.66. The summed E-state index contributed by atoms with van der Waals surface area (Å²) < 4.78 is 38.4. The lowest BCUT2D eigenvalue weighted by Gasteiger charge is -2.29. The van der Waals surface area contributed by atoms with Crippen molar-refractivity contribution in [1.29, 1.82) is 0 Å². The standard InChI is InChI=1S/C22H18ClF3N4O4/c23-16-8-13(2-4-15(16)22(24,25)26)28-21(34)27-9-11-1-3-14-12(7-11)10-30(20(14)33)17-5-6-18(31)29-19(17)32/h1-4,7-8,17H,5-6,9-10H2,(H2,27,28,34)(H,29,31,32). The van der Waals surface area contributed by atoms with Gasteiger partial charge in [0.05, 0.1) is 10.6 Å². The van der Waals surface area contributed by atoms with Crippen molar-refractivity contribution in [3.63, 3.8) is 0 Å². The van der Waals surface area contributed by atoms with Gasteiger partial charge in [0.15, 0.2) is 0 Å².